The maximum absolute atomic E-state index is 11.9. The van der Waals surface area contributed by atoms with Crippen molar-refractivity contribution in [3.63, 3.8) is 0 Å². The van der Waals surface area contributed by atoms with Crippen LogP contribution in [0.2, 0.25) is 0 Å². The Labute approximate surface area is 104 Å². The van der Waals surface area contributed by atoms with Crippen molar-refractivity contribution in [2.24, 2.45) is 0 Å². The third-order valence-corrected chi connectivity index (χ3v) is 4.03. The summed E-state index contributed by atoms with van der Waals surface area (Å²) in [6.45, 7) is 8.52. The summed E-state index contributed by atoms with van der Waals surface area (Å²) in [4.78, 5) is 14.4. The highest BCUT2D eigenvalue weighted by atomic mass is 16.2. The molecule has 98 valence electrons. The molecule has 0 spiro atoms. The zero-order valence-corrected chi connectivity index (χ0v) is 11.1. The molecular weight excluding hydrogens is 214 g/mol. The van der Waals surface area contributed by atoms with Gasteiger partial charge in [0.15, 0.2) is 0 Å². The van der Waals surface area contributed by atoms with Gasteiger partial charge < -0.3 is 10.6 Å². The second-order valence-corrected chi connectivity index (χ2v) is 5.87. The third kappa shape index (κ3) is 3.19. The average molecular weight is 239 g/mol. The highest BCUT2D eigenvalue weighted by Crippen LogP contribution is 2.20. The Morgan fingerprint density at radius 1 is 1.35 bits per heavy atom. The van der Waals surface area contributed by atoms with Crippen LogP contribution in [-0.4, -0.2) is 48.6 Å². The number of likely N-dealkylation sites (tertiary alicyclic amines) is 1. The summed E-state index contributed by atoms with van der Waals surface area (Å²) in [5.74, 6) is 0.176. The molecule has 0 aromatic heterocycles. The number of carbonyl (C=O) groups excluding carboxylic acids is 1. The fourth-order valence-electron chi connectivity index (χ4n) is 2.77. The zero-order valence-electron chi connectivity index (χ0n) is 11.1. The van der Waals surface area contributed by atoms with Crippen LogP contribution in [0.4, 0.5) is 0 Å². The minimum absolute atomic E-state index is 0.0457. The van der Waals surface area contributed by atoms with Crippen molar-refractivity contribution in [3.05, 3.63) is 0 Å². The molecule has 0 aliphatic carbocycles. The summed E-state index contributed by atoms with van der Waals surface area (Å²) < 4.78 is 0. The predicted octanol–water partition coefficient (Wildman–Crippen LogP) is 0.729. The Morgan fingerprint density at radius 2 is 2.06 bits per heavy atom. The standard InChI is InChI=1S/C13H25N3O/c1-13(2,16-8-3-4-9-16)10-15-12(17)11-6-5-7-14-11/h11,14H,3-10H2,1-2H3,(H,15,17)/t11-/m0/s1. The van der Waals surface area contributed by atoms with Gasteiger partial charge in [-0.3, -0.25) is 9.69 Å². The van der Waals surface area contributed by atoms with E-state index in [1.165, 1.54) is 25.9 Å². The Bertz CT molecular complexity index is 266. The SMILES string of the molecule is CC(C)(CNC(=O)[C@@H]1CCCN1)N1CCCC1. The minimum Gasteiger partial charge on any atom is -0.353 e. The van der Waals surface area contributed by atoms with E-state index < -0.39 is 0 Å². The van der Waals surface area contributed by atoms with Crippen LogP contribution in [0.3, 0.4) is 0 Å². The van der Waals surface area contributed by atoms with Crippen LogP contribution in [0, 0.1) is 0 Å². The van der Waals surface area contributed by atoms with Gasteiger partial charge in [-0.05, 0) is 59.2 Å². The first-order valence-electron chi connectivity index (χ1n) is 6.86. The maximum atomic E-state index is 11.9. The van der Waals surface area contributed by atoms with Gasteiger partial charge >= 0.3 is 0 Å². The van der Waals surface area contributed by atoms with Crippen LogP contribution in [0.15, 0.2) is 0 Å². The van der Waals surface area contributed by atoms with E-state index in [4.69, 9.17) is 0 Å². The van der Waals surface area contributed by atoms with E-state index in [-0.39, 0.29) is 17.5 Å². The molecule has 2 rings (SSSR count). The monoisotopic (exact) mass is 239 g/mol. The molecule has 0 aromatic rings. The number of nitrogens with zero attached hydrogens (tertiary/aromatic N) is 1. The molecule has 2 fully saturated rings. The summed E-state index contributed by atoms with van der Waals surface area (Å²) in [6.07, 6.45) is 4.69. The van der Waals surface area contributed by atoms with E-state index in [0.717, 1.165) is 25.9 Å². The second-order valence-electron chi connectivity index (χ2n) is 5.87. The first-order chi connectivity index (χ1) is 8.09. The van der Waals surface area contributed by atoms with Crippen molar-refractivity contribution in [1.82, 2.24) is 15.5 Å². The second kappa shape index (κ2) is 5.36. The first-order valence-corrected chi connectivity index (χ1v) is 6.86. The van der Waals surface area contributed by atoms with Crippen LogP contribution in [-0.2, 0) is 4.79 Å². The lowest BCUT2D eigenvalue weighted by Gasteiger charge is -2.35. The van der Waals surface area contributed by atoms with Crippen LogP contribution in [0.1, 0.15) is 39.5 Å². The lowest BCUT2D eigenvalue weighted by Crippen LogP contribution is -2.52. The average Bonchev–Trinajstić information content (AvgIpc) is 2.97. The molecule has 2 aliphatic heterocycles. The molecule has 0 unspecified atom stereocenters. The molecule has 0 aromatic carbocycles. The van der Waals surface area contributed by atoms with Gasteiger partial charge in [0.1, 0.15) is 0 Å². The van der Waals surface area contributed by atoms with Gasteiger partial charge in [0.25, 0.3) is 0 Å². The van der Waals surface area contributed by atoms with Gasteiger partial charge in [0.05, 0.1) is 6.04 Å². The van der Waals surface area contributed by atoms with Crippen LogP contribution >= 0.6 is 0 Å². The first kappa shape index (κ1) is 12.8. The van der Waals surface area contributed by atoms with E-state index >= 15 is 0 Å². The van der Waals surface area contributed by atoms with E-state index in [9.17, 15) is 4.79 Å². The Kier molecular flexibility index (Phi) is 4.05. The van der Waals surface area contributed by atoms with Crippen LogP contribution in [0.5, 0.6) is 0 Å². The number of hydrogen-bond donors (Lipinski definition) is 2. The van der Waals surface area contributed by atoms with E-state index in [1.807, 2.05) is 0 Å². The smallest absolute Gasteiger partial charge is 0.237 e. The van der Waals surface area contributed by atoms with Crippen molar-refractivity contribution in [2.75, 3.05) is 26.2 Å². The molecule has 4 nitrogen and oxygen atoms in total. The number of rotatable bonds is 4. The minimum atomic E-state index is 0.0457. The lowest BCUT2D eigenvalue weighted by molar-refractivity contribution is -0.123. The highest BCUT2D eigenvalue weighted by molar-refractivity contribution is 5.82. The molecule has 0 saturated carbocycles. The number of hydrogen-bond acceptors (Lipinski definition) is 3. The topological polar surface area (TPSA) is 44.4 Å². The summed E-state index contributed by atoms with van der Waals surface area (Å²) in [6, 6.07) is 0.0457. The summed E-state index contributed by atoms with van der Waals surface area (Å²) in [5.41, 5.74) is 0.0881. The summed E-state index contributed by atoms with van der Waals surface area (Å²) >= 11 is 0. The zero-order chi connectivity index (χ0) is 12.3. The van der Waals surface area contributed by atoms with Crippen LogP contribution < -0.4 is 10.6 Å². The third-order valence-electron chi connectivity index (χ3n) is 4.03. The van der Waals surface area contributed by atoms with Crippen molar-refractivity contribution in [3.8, 4) is 0 Å². The lowest BCUT2D eigenvalue weighted by atomic mass is 10.0. The largest absolute Gasteiger partial charge is 0.353 e. The van der Waals surface area contributed by atoms with Crippen molar-refractivity contribution < 1.29 is 4.79 Å². The summed E-state index contributed by atoms with van der Waals surface area (Å²) in [5, 5.41) is 6.34. The molecular formula is C13H25N3O. The molecule has 0 bridgehead atoms. The quantitative estimate of drug-likeness (QED) is 0.760. The van der Waals surface area contributed by atoms with Gasteiger partial charge in [0.2, 0.25) is 5.91 Å². The van der Waals surface area contributed by atoms with E-state index in [2.05, 4.69) is 29.4 Å². The molecule has 2 saturated heterocycles. The molecule has 17 heavy (non-hydrogen) atoms. The fraction of sp³-hybridized carbons (Fsp3) is 0.923. The Hall–Kier alpha value is -0.610. The van der Waals surface area contributed by atoms with E-state index in [1.54, 1.807) is 0 Å². The molecule has 1 amide bonds. The van der Waals surface area contributed by atoms with Gasteiger partial charge in [0, 0.05) is 12.1 Å². The van der Waals surface area contributed by atoms with Gasteiger partial charge in [-0.25, -0.2) is 0 Å². The molecule has 2 heterocycles. The molecule has 4 heteroatoms. The van der Waals surface area contributed by atoms with Gasteiger partial charge in [-0.2, -0.15) is 0 Å². The normalized spacial score (nSPS) is 26.4. The van der Waals surface area contributed by atoms with Crippen LogP contribution in [0.25, 0.3) is 0 Å². The van der Waals surface area contributed by atoms with Crippen molar-refractivity contribution in [2.45, 2.75) is 51.1 Å². The Morgan fingerprint density at radius 3 is 2.65 bits per heavy atom. The van der Waals surface area contributed by atoms with Gasteiger partial charge in [-0.1, -0.05) is 0 Å². The maximum Gasteiger partial charge on any atom is 0.237 e. The number of carbonyl (C=O) groups is 1. The Balaban J connectivity index is 1.77. The van der Waals surface area contributed by atoms with Gasteiger partial charge in [-0.15, -0.1) is 0 Å². The predicted molar refractivity (Wildman–Crippen MR) is 68.9 cm³/mol. The molecule has 2 aliphatic rings. The van der Waals surface area contributed by atoms with Crippen molar-refractivity contribution >= 4 is 5.91 Å². The number of nitrogens with one attached hydrogen (secondary N) is 2. The molecule has 2 N–H and O–H groups in total. The van der Waals surface area contributed by atoms with E-state index in [0.29, 0.717) is 0 Å². The van der Waals surface area contributed by atoms with Crippen molar-refractivity contribution in [1.29, 1.82) is 0 Å². The summed E-state index contributed by atoms with van der Waals surface area (Å²) in [7, 11) is 0. The molecule has 0 radical (unpaired) electrons. The molecule has 1 atom stereocenters. The fourth-order valence-corrected chi connectivity index (χ4v) is 2.77. The highest BCUT2D eigenvalue weighted by Gasteiger charge is 2.30. The number of amides is 1.